The molecule has 0 bridgehead atoms. The zero-order valence-electron chi connectivity index (χ0n) is 9.80. The van der Waals surface area contributed by atoms with Gasteiger partial charge in [-0.3, -0.25) is 0 Å². The molecule has 1 rings (SSSR count). The van der Waals surface area contributed by atoms with E-state index in [1.54, 1.807) is 31.2 Å². The van der Waals surface area contributed by atoms with Crippen LogP contribution < -0.4 is 10.6 Å². The Morgan fingerprint density at radius 1 is 1.44 bits per heavy atom. The van der Waals surface area contributed by atoms with Crippen LogP contribution in [0.25, 0.3) is 0 Å². The zero-order chi connectivity index (χ0) is 13.5. The maximum Gasteiger partial charge on any atom is 0.326 e. The molecule has 6 nitrogen and oxygen atoms in total. The van der Waals surface area contributed by atoms with Gasteiger partial charge in [0.1, 0.15) is 12.1 Å². The average Bonchev–Trinajstić information content (AvgIpc) is 2.36. The Morgan fingerprint density at radius 3 is 2.67 bits per heavy atom. The van der Waals surface area contributed by atoms with E-state index in [-0.39, 0.29) is 6.42 Å². The summed E-state index contributed by atoms with van der Waals surface area (Å²) in [5.74, 6) is -1.10. The zero-order valence-corrected chi connectivity index (χ0v) is 9.80. The molecule has 0 heterocycles. The largest absolute Gasteiger partial charge is 0.480 e. The molecule has 1 aromatic carbocycles. The summed E-state index contributed by atoms with van der Waals surface area (Å²) in [6, 6.07) is 6.82. The van der Waals surface area contributed by atoms with Crippen molar-refractivity contribution in [2.75, 3.05) is 5.32 Å². The number of nitriles is 1. The smallest absolute Gasteiger partial charge is 0.326 e. The number of carbonyl (C=O) groups is 2. The summed E-state index contributed by atoms with van der Waals surface area (Å²) in [7, 11) is 0. The van der Waals surface area contributed by atoms with Gasteiger partial charge in [0.2, 0.25) is 0 Å². The number of urea groups is 1. The number of aliphatic carboxylic acids is 1. The molecule has 0 saturated carbocycles. The number of nitrogens with zero attached hydrogens (tertiary/aromatic N) is 1. The van der Waals surface area contributed by atoms with Crippen LogP contribution in [0.15, 0.2) is 24.3 Å². The fourth-order valence-electron chi connectivity index (χ4n) is 1.34. The Hall–Kier alpha value is -2.55. The van der Waals surface area contributed by atoms with Crippen molar-refractivity contribution >= 4 is 17.7 Å². The fourth-order valence-corrected chi connectivity index (χ4v) is 1.34. The first-order valence-electron chi connectivity index (χ1n) is 5.38. The summed E-state index contributed by atoms with van der Waals surface area (Å²) in [6.07, 6.45) is 0.280. The Labute approximate surface area is 104 Å². The van der Waals surface area contributed by atoms with Crippen molar-refractivity contribution in [1.29, 1.82) is 5.26 Å². The third-order valence-electron chi connectivity index (χ3n) is 2.31. The van der Waals surface area contributed by atoms with Crippen LogP contribution in [0.1, 0.15) is 18.9 Å². The van der Waals surface area contributed by atoms with E-state index < -0.39 is 18.0 Å². The molecule has 0 aromatic heterocycles. The standard InChI is InChI=1S/C12H13N3O3/c1-2-9(11(16)17)14-12(18)15-10-6-4-3-5-8(10)7-13/h3-6,9H,2H2,1H3,(H,16,17)(H2,14,15,18)/t9-/m1/s1. The van der Waals surface area contributed by atoms with Gasteiger partial charge in [0.05, 0.1) is 11.3 Å². The van der Waals surface area contributed by atoms with Gasteiger partial charge in [0, 0.05) is 0 Å². The molecule has 0 aliphatic rings. The van der Waals surface area contributed by atoms with E-state index >= 15 is 0 Å². The summed E-state index contributed by atoms with van der Waals surface area (Å²) in [4.78, 5) is 22.3. The normalized spacial score (nSPS) is 11.1. The average molecular weight is 247 g/mol. The highest BCUT2D eigenvalue weighted by atomic mass is 16.4. The third kappa shape index (κ3) is 3.49. The maximum absolute atomic E-state index is 11.6. The van der Waals surface area contributed by atoms with Crippen LogP contribution in [0.3, 0.4) is 0 Å². The molecule has 94 valence electrons. The van der Waals surface area contributed by atoms with Crippen LogP contribution in [0, 0.1) is 11.3 Å². The minimum absolute atomic E-state index is 0.280. The van der Waals surface area contributed by atoms with Crippen LogP contribution in [-0.4, -0.2) is 23.1 Å². The van der Waals surface area contributed by atoms with Crippen molar-refractivity contribution in [3.8, 4) is 6.07 Å². The molecule has 6 heteroatoms. The van der Waals surface area contributed by atoms with Crippen molar-refractivity contribution in [2.24, 2.45) is 0 Å². The Bertz CT molecular complexity index is 494. The molecule has 2 amide bonds. The summed E-state index contributed by atoms with van der Waals surface area (Å²) < 4.78 is 0. The molecule has 0 spiro atoms. The van der Waals surface area contributed by atoms with E-state index in [0.717, 1.165) is 0 Å². The van der Waals surface area contributed by atoms with Gasteiger partial charge in [-0.15, -0.1) is 0 Å². The first-order chi connectivity index (χ1) is 8.58. The fraction of sp³-hybridized carbons (Fsp3) is 0.250. The van der Waals surface area contributed by atoms with E-state index in [9.17, 15) is 9.59 Å². The van der Waals surface area contributed by atoms with Gasteiger partial charge in [0.25, 0.3) is 0 Å². The molecule has 0 fully saturated rings. The number of nitrogens with one attached hydrogen (secondary N) is 2. The number of carbonyl (C=O) groups excluding carboxylic acids is 1. The number of benzene rings is 1. The SMILES string of the molecule is CC[C@@H](NC(=O)Nc1ccccc1C#N)C(=O)O. The minimum Gasteiger partial charge on any atom is -0.480 e. The number of hydrogen-bond donors (Lipinski definition) is 3. The van der Waals surface area contributed by atoms with Crippen LogP contribution in [0.2, 0.25) is 0 Å². The molecular formula is C12H13N3O3. The van der Waals surface area contributed by atoms with E-state index in [1.165, 1.54) is 0 Å². The molecule has 18 heavy (non-hydrogen) atoms. The predicted molar refractivity (Wildman–Crippen MR) is 65.0 cm³/mol. The number of carboxylic acids is 1. The van der Waals surface area contributed by atoms with Gasteiger partial charge < -0.3 is 15.7 Å². The molecule has 3 N–H and O–H groups in total. The van der Waals surface area contributed by atoms with Crippen LogP contribution >= 0.6 is 0 Å². The number of hydrogen-bond acceptors (Lipinski definition) is 3. The Balaban J connectivity index is 2.71. The first kappa shape index (κ1) is 13.5. The van der Waals surface area contributed by atoms with Crippen LogP contribution in [-0.2, 0) is 4.79 Å². The van der Waals surface area contributed by atoms with Gasteiger partial charge in [-0.1, -0.05) is 19.1 Å². The minimum atomic E-state index is -1.10. The lowest BCUT2D eigenvalue weighted by Gasteiger charge is -2.13. The monoisotopic (exact) mass is 247 g/mol. The lowest BCUT2D eigenvalue weighted by Crippen LogP contribution is -2.42. The number of rotatable bonds is 4. The molecule has 0 saturated heterocycles. The van der Waals surface area contributed by atoms with Crippen molar-refractivity contribution in [3.63, 3.8) is 0 Å². The topological polar surface area (TPSA) is 102 Å². The number of para-hydroxylation sites is 1. The van der Waals surface area contributed by atoms with Crippen molar-refractivity contribution in [3.05, 3.63) is 29.8 Å². The number of carboxylic acid groups (broad SMARTS) is 1. The predicted octanol–water partition coefficient (Wildman–Crippen LogP) is 1.54. The molecule has 0 unspecified atom stereocenters. The summed E-state index contributed by atoms with van der Waals surface area (Å²) in [5, 5.41) is 22.4. The highest BCUT2D eigenvalue weighted by Crippen LogP contribution is 2.13. The molecule has 0 aliphatic heterocycles. The number of amides is 2. The molecular weight excluding hydrogens is 234 g/mol. The molecule has 1 aromatic rings. The summed E-state index contributed by atoms with van der Waals surface area (Å²) >= 11 is 0. The second-order valence-corrected chi connectivity index (χ2v) is 3.55. The lowest BCUT2D eigenvalue weighted by molar-refractivity contribution is -0.139. The quantitative estimate of drug-likeness (QED) is 0.750. The third-order valence-corrected chi connectivity index (χ3v) is 2.31. The Morgan fingerprint density at radius 2 is 2.11 bits per heavy atom. The second-order valence-electron chi connectivity index (χ2n) is 3.55. The lowest BCUT2D eigenvalue weighted by atomic mass is 10.2. The summed E-state index contributed by atoms with van der Waals surface area (Å²) in [6.45, 7) is 1.66. The van der Waals surface area contributed by atoms with Crippen molar-refractivity contribution < 1.29 is 14.7 Å². The summed E-state index contributed by atoms with van der Waals surface area (Å²) in [5.41, 5.74) is 0.661. The van der Waals surface area contributed by atoms with Crippen LogP contribution in [0.4, 0.5) is 10.5 Å². The van der Waals surface area contributed by atoms with Crippen LogP contribution in [0.5, 0.6) is 0 Å². The van der Waals surface area contributed by atoms with Crippen molar-refractivity contribution in [1.82, 2.24) is 5.32 Å². The number of anilines is 1. The maximum atomic E-state index is 11.6. The van der Waals surface area contributed by atoms with E-state index in [0.29, 0.717) is 11.3 Å². The first-order valence-corrected chi connectivity index (χ1v) is 5.38. The Kier molecular flexibility index (Phi) is 4.69. The highest BCUT2D eigenvalue weighted by Gasteiger charge is 2.17. The molecule has 0 aliphatic carbocycles. The van der Waals surface area contributed by atoms with Gasteiger partial charge in [-0.05, 0) is 18.6 Å². The second kappa shape index (κ2) is 6.25. The molecule has 0 radical (unpaired) electrons. The van der Waals surface area contributed by atoms with Gasteiger partial charge in [-0.2, -0.15) is 5.26 Å². The highest BCUT2D eigenvalue weighted by molar-refractivity contribution is 5.93. The van der Waals surface area contributed by atoms with Gasteiger partial charge >= 0.3 is 12.0 Å². The van der Waals surface area contributed by atoms with Gasteiger partial charge in [0.15, 0.2) is 0 Å². The molecule has 1 atom stereocenters. The van der Waals surface area contributed by atoms with E-state index in [1.807, 2.05) is 6.07 Å². The van der Waals surface area contributed by atoms with Gasteiger partial charge in [-0.25, -0.2) is 9.59 Å². The van der Waals surface area contributed by atoms with Crippen molar-refractivity contribution in [2.45, 2.75) is 19.4 Å². The van der Waals surface area contributed by atoms with E-state index in [2.05, 4.69) is 10.6 Å². The van der Waals surface area contributed by atoms with E-state index in [4.69, 9.17) is 10.4 Å².